The summed E-state index contributed by atoms with van der Waals surface area (Å²) in [6.45, 7) is 1.92. The minimum atomic E-state index is -0.384. The van der Waals surface area contributed by atoms with E-state index in [4.69, 9.17) is 11.6 Å². The molecule has 0 saturated heterocycles. The lowest BCUT2D eigenvalue weighted by molar-refractivity contribution is 0.101. The van der Waals surface area contributed by atoms with Crippen molar-refractivity contribution in [3.63, 3.8) is 0 Å². The first kappa shape index (κ1) is 11.5. The molecule has 0 aliphatic rings. The van der Waals surface area contributed by atoms with Crippen molar-refractivity contribution < 1.29 is 4.79 Å². The summed E-state index contributed by atoms with van der Waals surface area (Å²) in [7, 11) is 0. The molecule has 2 aromatic heterocycles. The highest BCUT2D eigenvalue weighted by Crippen LogP contribution is 2.10. The maximum absolute atomic E-state index is 11.7. The van der Waals surface area contributed by atoms with Gasteiger partial charge in [-0.05, 0) is 12.1 Å². The molecule has 0 aliphatic carbocycles. The van der Waals surface area contributed by atoms with Gasteiger partial charge in [-0.25, -0.2) is 9.97 Å². The molecule has 0 aromatic carbocycles. The number of aryl methyl sites for hydroxylation is 1. The zero-order valence-corrected chi connectivity index (χ0v) is 9.82. The highest BCUT2D eigenvalue weighted by atomic mass is 35.5. The van der Waals surface area contributed by atoms with E-state index in [1.807, 2.05) is 6.92 Å². The minimum Gasteiger partial charge on any atom is -0.318 e. The summed E-state index contributed by atoms with van der Waals surface area (Å²) < 4.78 is 0. The Balaban J connectivity index is 2.08. The van der Waals surface area contributed by atoms with Crippen LogP contribution >= 0.6 is 11.6 Å². The summed E-state index contributed by atoms with van der Waals surface area (Å²) in [4.78, 5) is 19.6. The summed E-state index contributed by atoms with van der Waals surface area (Å²) in [5.41, 5.74) is 0.544. The molecule has 1 amide bonds. The summed E-state index contributed by atoms with van der Waals surface area (Å²) in [6.07, 6.45) is 2.16. The molecular formula is C10H10ClN5O. The van der Waals surface area contributed by atoms with Crippen molar-refractivity contribution in [3.05, 3.63) is 35.1 Å². The predicted molar refractivity (Wildman–Crippen MR) is 63.0 cm³/mol. The quantitative estimate of drug-likeness (QED) is 0.813. The number of aromatic amines is 1. The maximum Gasteiger partial charge on any atom is 0.295 e. The monoisotopic (exact) mass is 251 g/mol. The number of aromatic nitrogens is 4. The van der Waals surface area contributed by atoms with Crippen LogP contribution in [0.25, 0.3) is 0 Å². The second-order valence-electron chi connectivity index (χ2n) is 3.28. The summed E-state index contributed by atoms with van der Waals surface area (Å²) in [5.74, 6) is 0.395. The lowest BCUT2D eigenvalue weighted by Crippen LogP contribution is -2.13. The van der Waals surface area contributed by atoms with Crippen molar-refractivity contribution in [2.75, 3.05) is 5.32 Å². The fourth-order valence-corrected chi connectivity index (χ4v) is 1.30. The van der Waals surface area contributed by atoms with E-state index in [1.54, 1.807) is 12.1 Å². The highest BCUT2D eigenvalue weighted by molar-refractivity contribution is 6.29. The molecule has 7 heteroatoms. The third-order valence-electron chi connectivity index (χ3n) is 2.05. The van der Waals surface area contributed by atoms with E-state index in [0.717, 1.165) is 0 Å². The molecule has 6 nitrogen and oxygen atoms in total. The topological polar surface area (TPSA) is 83.6 Å². The highest BCUT2D eigenvalue weighted by Gasteiger charge is 2.11. The van der Waals surface area contributed by atoms with Gasteiger partial charge >= 0.3 is 0 Å². The number of nitrogens with one attached hydrogen (secondary N) is 2. The molecule has 17 heavy (non-hydrogen) atoms. The first-order valence-corrected chi connectivity index (χ1v) is 5.41. The number of halogens is 1. The molecule has 0 aliphatic heterocycles. The first-order chi connectivity index (χ1) is 8.19. The Bertz CT molecular complexity index is 522. The predicted octanol–water partition coefficient (Wildman–Crippen LogP) is 1.67. The molecule has 0 saturated carbocycles. The SMILES string of the molecule is CCc1nc(C(=O)Nc2ccc(Cl)nc2)n[nH]1. The number of nitrogens with zero attached hydrogens (tertiary/aromatic N) is 3. The van der Waals surface area contributed by atoms with Gasteiger partial charge in [-0.2, -0.15) is 0 Å². The van der Waals surface area contributed by atoms with Gasteiger partial charge in [0.1, 0.15) is 11.0 Å². The number of hydrogen-bond donors (Lipinski definition) is 2. The van der Waals surface area contributed by atoms with E-state index in [0.29, 0.717) is 23.1 Å². The van der Waals surface area contributed by atoms with E-state index in [9.17, 15) is 4.79 Å². The fraction of sp³-hybridized carbons (Fsp3) is 0.200. The van der Waals surface area contributed by atoms with Crippen molar-refractivity contribution in [1.82, 2.24) is 20.2 Å². The minimum absolute atomic E-state index is 0.108. The normalized spacial score (nSPS) is 10.2. The van der Waals surface area contributed by atoms with Crippen LogP contribution in [0.4, 0.5) is 5.69 Å². The standard InChI is InChI=1S/C10H10ClN5O/c1-2-8-14-9(16-15-8)10(17)13-6-3-4-7(11)12-5-6/h3-5H,2H2,1H3,(H,13,17)(H,14,15,16). The number of H-pyrrole nitrogens is 1. The van der Waals surface area contributed by atoms with Crippen LogP contribution in [0, 0.1) is 0 Å². The Kier molecular flexibility index (Phi) is 3.34. The van der Waals surface area contributed by atoms with Gasteiger partial charge in [0.2, 0.25) is 5.82 Å². The number of hydrogen-bond acceptors (Lipinski definition) is 4. The number of carbonyl (C=O) groups is 1. The molecular weight excluding hydrogens is 242 g/mol. The van der Waals surface area contributed by atoms with E-state index in [2.05, 4.69) is 25.5 Å². The third-order valence-corrected chi connectivity index (χ3v) is 2.28. The average Bonchev–Trinajstić information content (AvgIpc) is 2.81. The van der Waals surface area contributed by atoms with Crippen LogP contribution in [0.5, 0.6) is 0 Å². The smallest absolute Gasteiger partial charge is 0.295 e. The lowest BCUT2D eigenvalue weighted by Gasteiger charge is -2.00. The van der Waals surface area contributed by atoms with Gasteiger partial charge in [0, 0.05) is 6.42 Å². The zero-order chi connectivity index (χ0) is 12.3. The van der Waals surface area contributed by atoms with E-state index in [1.165, 1.54) is 6.20 Å². The maximum atomic E-state index is 11.7. The van der Waals surface area contributed by atoms with Crippen molar-refractivity contribution in [2.24, 2.45) is 0 Å². The fourth-order valence-electron chi connectivity index (χ4n) is 1.19. The molecule has 0 radical (unpaired) electrons. The van der Waals surface area contributed by atoms with Crippen LogP contribution in [0.15, 0.2) is 18.3 Å². The van der Waals surface area contributed by atoms with Crippen LogP contribution < -0.4 is 5.32 Å². The Morgan fingerprint density at radius 1 is 1.53 bits per heavy atom. The van der Waals surface area contributed by atoms with Gasteiger partial charge in [-0.15, -0.1) is 5.10 Å². The lowest BCUT2D eigenvalue weighted by atomic mass is 10.4. The van der Waals surface area contributed by atoms with Crippen molar-refractivity contribution in [1.29, 1.82) is 0 Å². The van der Waals surface area contributed by atoms with Crippen molar-refractivity contribution in [2.45, 2.75) is 13.3 Å². The zero-order valence-electron chi connectivity index (χ0n) is 9.07. The first-order valence-electron chi connectivity index (χ1n) is 5.03. The molecule has 2 N–H and O–H groups in total. The third kappa shape index (κ3) is 2.79. The molecule has 2 aromatic rings. The summed E-state index contributed by atoms with van der Waals surface area (Å²) in [5, 5.41) is 9.47. The Morgan fingerprint density at radius 3 is 2.94 bits per heavy atom. The van der Waals surface area contributed by atoms with Gasteiger partial charge in [0.05, 0.1) is 11.9 Å². The molecule has 0 unspecified atom stereocenters. The largest absolute Gasteiger partial charge is 0.318 e. The molecule has 0 fully saturated rings. The number of rotatable bonds is 3. The van der Waals surface area contributed by atoms with Gasteiger partial charge in [-0.1, -0.05) is 18.5 Å². The summed E-state index contributed by atoms with van der Waals surface area (Å²) in [6, 6.07) is 3.24. The molecule has 0 bridgehead atoms. The Hall–Kier alpha value is -1.95. The Labute approximate surface area is 102 Å². The van der Waals surface area contributed by atoms with Crippen LogP contribution in [0.1, 0.15) is 23.4 Å². The van der Waals surface area contributed by atoms with Crippen LogP contribution in [-0.2, 0) is 6.42 Å². The second-order valence-corrected chi connectivity index (χ2v) is 3.67. The van der Waals surface area contributed by atoms with Crippen LogP contribution in [0.2, 0.25) is 5.15 Å². The van der Waals surface area contributed by atoms with Gasteiger partial charge in [-0.3, -0.25) is 9.89 Å². The average molecular weight is 252 g/mol. The van der Waals surface area contributed by atoms with Crippen molar-refractivity contribution in [3.8, 4) is 0 Å². The summed E-state index contributed by atoms with van der Waals surface area (Å²) >= 11 is 5.63. The second kappa shape index (κ2) is 4.92. The number of anilines is 1. The van der Waals surface area contributed by atoms with E-state index >= 15 is 0 Å². The number of pyridine rings is 1. The van der Waals surface area contributed by atoms with Gasteiger partial charge < -0.3 is 5.32 Å². The Morgan fingerprint density at radius 2 is 2.35 bits per heavy atom. The molecule has 0 atom stereocenters. The van der Waals surface area contributed by atoms with Gasteiger partial charge in [0.15, 0.2) is 0 Å². The number of amides is 1. The van der Waals surface area contributed by atoms with E-state index < -0.39 is 0 Å². The molecule has 88 valence electrons. The molecule has 0 spiro atoms. The number of carbonyl (C=O) groups excluding carboxylic acids is 1. The van der Waals surface area contributed by atoms with Gasteiger partial charge in [0.25, 0.3) is 5.91 Å². The van der Waals surface area contributed by atoms with E-state index in [-0.39, 0.29) is 11.7 Å². The molecule has 2 heterocycles. The van der Waals surface area contributed by atoms with Crippen molar-refractivity contribution >= 4 is 23.2 Å². The van der Waals surface area contributed by atoms with Crippen LogP contribution in [-0.4, -0.2) is 26.1 Å². The van der Waals surface area contributed by atoms with Crippen LogP contribution in [0.3, 0.4) is 0 Å². The molecule has 2 rings (SSSR count).